The number of rotatable bonds is 4. The van der Waals surface area contributed by atoms with Gasteiger partial charge >= 0.3 is 0 Å². The number of fused-ring (bicyclic) bond motifs is 1. The predicted octanol–water partition coefficient (Wildman–Crippen LogP) is 2.43. The topological polar surface area (TPSA) is 66.1 Å². The molecule has 112 valence electrons. The van der Waals surface area contributed by atoms with Crippen LogP contribution in [0.5, 0.6) is 0 Å². The molecule has 0 aliphatic heterocycles. The van der Waals surface area contributed by atoms with Crippen molar-refractivity contribution in [1.29, 1.82) is 0 Å². The summed E-state index contributed by atoms with van der Waals surface area (Å²) >= 11 is 0. The number of nitrogens with one attached hydrogen (secondary N) is 1. The molecule has 1 aromatic carbocycles. The van der Waals surface area contributed by atoms with Gasteiger partial charge in [-0.15, -0.1) is 0 Å². The van der Waals surface area contributed by atoms with E-state index in [1.807, 2.05) is 19.9 Å². The quantitative estimate of drug-likeness (QED) is 0.939. The van der Waals surface area contributed by atoms with Crippen molar-refractivity contribution in [2.45, 2.75) is 33.7 Å². The minimum Gasteiger partial charge on any atom is -0.335 e. The first kappa shape index (κ1) is 15.2. The predicted molar refractivity (Wildman–Crippen MR) is 83.4 cm³/mol. The summed E-state index contributed by atoms with van der Waals surface area (Å²) in [6.45, 7) is 8.76. The van der Waals surface area contributed by atoms with E-state index in [2.05, 4.69) is 24.0 Å². The Hall–Kier alpha value is -2.17. The van der Waals surface area contributed by atoms with Gasteiger partial charge in [-0.2, -0.15) is 5.10 Å². The molecule has 0 saturated carbocycles. The second-order valence-electron chi connectivity index (χ2n) is 5.89. The molecule has 1 N–H and O–H groups in total. The molecule has 5 nitrogen and oxygen atoms in total. The van der Waals surface area contributed by atoms with E-state index < -0.39 is 0 Å². The van der Waals surface area contributed by atoms with Crippen molar-refractivity contribution in [2.24, 2.45) is 5.92 Å². The van der Waals surface area contributed by atoms with Crippen molar-refractivity contribution in [3.05, 3.63) is 40.3 Å². The summed E-state index contributed by atoms with van der Waals surface area (Å²) < 4.78 is 0. The fraction of sp³-hybridized carbons (Fsp3) is 0.438. The summed E-state index contributed by atoms with van der Waals surface area (Å²) in [4.78, 5) is 26.4. The van der Waals surface area contributed by atoms with Gasteiger partial charge in [0.15, 0.2) is 5.69 Å². The highest BCUT2D eigenvalue weighted by Crippen LogP contribution is 2.16. The monoisotopic (exact) mass is 287 g/mol. The fourth-order valence-corrected chi connectivity index (χ4v) is 2.34. The highest BCUT2D eigenvalue weighted by atomic mass is 16.2. The lowest BCUT2D eigenvalue weighted by atomic mass is 10.1. The van der Waals surface area contributed by atoms with Gasteiger partial charge in [0.25, 0.3) is 11.5 Å². The Labute approximate surface area is 124 Å². The van der Waals surface area contributed by atoms with Crippen LogP contribution in [-0.4, -0.2) is 33.6 Å². The number of carbonyl (C=O) groups excluding carboxylic acids is 1. The van der Waals surface area contributed by atoms with Gasteiger partial charge in [0.05, 0.1) is 5.39 Å². The van der Waals surface area contributed by atoms with Crippen molar-refractivity contribution in [3.8, 4) is 0 Å². The van der Waals surface area contributed by atoms with Gasteiger partial charge in [-0.25, -0.2) is 5.10 Å². The largest absolute Gasteiger partial charge is 0.335 e. The Kier molecular flexibility index (Phi) is 4.40. The van der Waals surface area contributed by atoms with E-state index in [0.29, 0.717) is 28.9 Å². The molecular weight excluding hydrogens is 266 g/mol. The van der Waals surface area contributed by atoms with Gasteiger partial charge in [0, 0.05) is 18.0 Å². The van der Waals surface area contributed by atoms with Crippen LogP contribution in [0, 0.1) is 5.92 Å². The Balaban J connectivity index is 2.52. The second-order valence-corrected chi connectivity index (χ2v) is 5.89. The molecule has 2 aromatic rings. The lowest BCUT2D eigenvalue weighted by Crippen LogP contribution is -2.40. The number of amides is 1. The zero-order chi connectivity index (χ0) is 15.6. The summed E-state index contributed by atoms with van der Waals surface area (Å²) in [7, 11) is 0. The van der Waals surface area contributed by atoms with Crippen LogP contribution in [0.3, 0.4) is 0 Å². The number of hydrogen-bond donors (Lipinski definition) is 1. The standard InChI is InChI=1S/C16H21N3O2/c1-10(2)9-19(11(3)4)16(21)14-12-7-5-6-8-13(12)15(20)18-17-14/h5-8,10-11H,9H2,1-4H3,(H,18,20). The molecule has 0 saturated heterocycles. The minimum atomic E-state index is -0.276. The van der Waals surface area contributed by atoms with E-state index in [4.69, 9.17) is 0 Å². The van der Waals surface area contributed by atoms with Gasteiger partial charge in [-0.1, -0.05) is 32.0 Å². The molecule has 5 heteroatoms. The first-order valence-corrected chi connectivity index (χ1v) is 7.20. The van der Waals surface area contributed by atoms with Crippen molar-refractivity contribution in [3.63, 3.8) is 0 Å². The maximum atomic E-state index is 12.8. The van der Waals surface area contributed by atoms with Gasteiger partial charge in [-0.05, 0) is 25.8 Å². The molecule has 0 fully saturated rings. The average Bonchev–Trinajstić information content (AvgIpc) is 2.44. The van der Waals surface area contributed by atoms with Crippen molar-refractivity contribution >= 4 is 16.7 Å². The molecule has 1 heterocycles. The van der Waals surface area contributed by atoms with Crippen molar-refractivity contribution < 1.29 is 4.79 Å². The molecule has 0 radical (unpaired) electrons. The second kappa shape index (κ2) is 6.08. The lowest BCUT2D eigenvalue weighted by Gasteiger charge is -2.28. The molecule has 0 atom stereocenters. The summed E-state index contributed by atoms with van der Waals surface area (Å²) in [5.74, 6) is 0.219. The Morgan fingerprint density at radius 1 is 1.19 bits per heavy atom. The van der Waals surface area contributed by atoms with Gasteiger partial charge < -0.3 is 4.90 Å². The maximum absolute atomic E-state index is 12.8. The number of benzene rings is 1. The Bertz CT molecular complexity index is 704. The molecule has 0 bridgehead atoms. The molecule has 0 aliphatic carbocycles. The van der Waals surface area contributed by atoms with Crippen LogP contribution in [0.15, 0.2) is 29.1 Å². The zero-order valence-corrected chi connectivity index (χ0v) is 12.9. The van der Waals surface area contributed by atoms with E-state index in [1.54, 1.807) is 23.1 Å². The number of aromatic nitrogens is 2. The van der Waals surface area contributed by atoms with Gasteiger partial charge in [0.2, 0.25) is 0 Å². The van der Waals surface area contributed by atoms with E-state index >= 15 is 0 Å². The van der Waals surface area contributed by atoms with E-state index in [-0.39, 0.29) is 17.5 Å². The number of hydrogen-bond acceptors (Lipinski definition) is 3. The van der Waals surface area contributed by atoms with Crippen LogP contribution in [0.1, 0.15) is 38.2 Å². The van der Waals surface area contributed by atoms with Crippen molar-refractivity contribution in [2.75, 3.05) is 6.54 Å². The number of carbonyl (C=O) groups is 1. The SMILES string of the molecule is CC(C)CN(C(=O)c1n[nH]c(=O)c2ccccc12)C(C)C. The summed E-state index contributed by atoms with van der Waals surface area (Å²) in [5.41, 5.74) is 0.0293. The van der Waals surface area contributed by atoms with Crippen LogP contribution in [0.2, 0.25) is 0 Å². The lowest BCUT2D eigenvalue weighted by molar-refractivity contribution is 0.0677. The summed E-state index contributed by atoms with van der Waals surface area (Å²) in [6, 6.07) is 7.13. The Morgan fingerprint density at radius 2 is 1.81 bits per heavy atom. The van der Waals surface area contributed by atoms with Crippen LogP contribution in [-0.2, 0) is 0 Å². The van der Waals surface area contributed by atoms with Gasteiger partial charge in [-0.3, -0.25) is 9.59 Å². The number of H-pyrrole nitrogens is 1. The van der Waals surface area contributed by atoms with E-state index in [0.717, 1.165) is 0 Å². The third-order valence-corrected chi connectivity index (χ3v) is 3.34. The molecule has 2 rings (SSSR count). The Morgan fingerprint density at radius 3 is 2.38 bits per heavy atom. The summed E-state index contributed by atoms with van der Waals surface area (Å²) in [5, 5.41) is 7.49. The third-order valence-electron chi connectivity index (χ3n) is 3.34. The number of aromatic amines is 1. The van der Waals surface area contributed by atoms with E-state index in [9.17, 15) is 9.59 Å². The highest BCUT2D eigenvalue weighted by molar-refractivity contribution is 6.04. The van der Waals surface area contributed by atoms with Crippen LogP contribution in [0.25, 0.3) is 10.8 Å². The molecule has 21 heavy (non-hydrogen) atoms. The van der Waals surface area contributed by atoms with Crippen LogP contribution in [0.4, 0.5) is 0 Å². The van der Waals surface area contributed by atoms with E-state index in [1.165, 1.54) is 0 Å². The zero-order valence-electron chi connectivity index (χ0n) is 12.9. The van der Waals surface area contributed by atoms with Gasteiger partial charge in [0.1, 0.15) is 0 Å². The molecule has 1 aromatic heterocycles. The van der Waals surface area contributed by atoms with Crippen molar-refractivity contribution in [1.82, 2.24) is 15.1 Å². The first-order valence-electron chi connectivity index (χ1n) is 7.20. The normalized spacial score (nSPS) is 11.3. The summed E-state index contributed by atoms with van der Waals surface area (Å²) in [6.07, 6.45) is 0. The van der Waals surface area contributed by atoms with Crippen LogP contribution < -0.4 is 5.56 Å². The third kappa shape index (κ3) is 3.12. The molecule has 0 unspecified atom stereocenters. The first-order chi connectivity index (χ1) is 9.91. The smallest absolute Gasteiger partial charge is 0.275 e. The average molecular weight is 287 g/mol. The van der Waals surface area contributed by atoms with Crippen LogP contribution >= 0.6 is 0 Å². The molecular formula is C16H21N3O2. The molecule has 0 spiro atoms. The molecule has 1 amide bonds. The molecule has 0 aliphatic rings. The maximum Gasteiger partial charge on any atom is 0.275 e. The number of nitrogens with zero attached hydrogens (tertiary/aromatic N) is 2. The highest BCUT2D eigenvalue weighted by Gasteiger charge is 2.23. The fourth-order valence-electron chi connectivity index (χ4n) is 2.34. The minimum absolute atomic E-state index is 0.0763.